The van der Waals surface area contributed by atoms with E-state index in [1.807, 2.05) is 19.1 Å². The average Bonchev–Trinajstić information content (AvgIpc) is 3.29. The number of aryl methyl sites for hydroxylation is 1. The van der Waals surface area contributed by atoms with Gasteiger partial charge in [0.25, 0.3) is 5.91 Å². The molecule has 29 heavy (non-hydrogen) atoms. The Morgan fingerprint density at radius 3 is 2.55 bits per heavy atom. The van der Waals surface area contributed by atoms with E-state index in [9.17, 15) is 9.59 Å². The third-order valence-electron chi connectivity index (χ3n) is 5.44. The number of fused-ring (bicyclic) bond motifs is 5. The van der Waals surface area contributed by atoms with Gasteiger partial charge in [-0.2, -0.15) is 0 Å². The van der Waals surface area contributed by atoms with Crippen molar-refractivity contribution in [2.24, 2.45) is 0 Å². The van der Waals surface area contributed by atoms with Crippen LogP contribution in [0.5, 0.6) is 17.2 Å². The van der Waals surface area contributed by atoms with Gasteiger partial charge in [-0.3, -0.25) is 4.79 Å². The Balaban J connectivity index is 1.71. The smallest absolute Gasteiger partial charge is 0.421 e. The molecule has 0 bridgehead atoms. The van der Waals surface area contributed by atoms with E-state index < -0.39 is 17.1 Å². The lowest BCUT2D eigenvalue weighted by Crippen LogP contribution is -2.46. The maximum absolute atomic E-state index is 13.8. The Bertz CT molecular complexity index is 1070. The van der Waals surface area contributed by atoms with Crippen LogP contribution in [-0.2, 0) is 14.9 Å². The first-order chi connectivity index (χ1) is 13.7. The molecule has 3 heterocycles. The Labute approximate surface area is 168 Å². The third-order valence-corrected chi connectivity index (χ3v) is 5.44. The van der Waals surface area contributed by atoms with E-state index in [2.05, 4.69) is 0 Å². The van der Waals surface area contributed by atoms with E-state index in [4.69, 9.17) is 18.9 Å². The summed E-state index contributed by atoms with van der Waals surface area (Å²) in [6.45, 7) is 7.46. The summed E-state index contributed by atoms with van der Waals surface area (Å²) in [7, 11) is 0. The first-order valence-corrected chi connectivity index (χ1v) is 9.47. The highest BCUT2D eigenvalue weighted by Crippen LogP contribution is 2.56. The number of ether oxygens (including phenoxy) is 4. The second-order valence-electron chi connectivity index (χ2n) is 8.49. The van der Waals surface area contributed by atoms with Crippen molar-refractivity contribution in [3.8, 4) is 17.2 Å². The Morgan fingerprint density at radius 2 is 1.83 bits per heavy atom. The van der Waals surface area contributed by atoms with Gasteiger partial charge in [0.05, 0.1) is 5.69 Å². The molecule has 0 aromatic heterocycles. The van der Waals surface area contributed by atoms with Gasteiger partial charge in [-0.25, -0.2) is 9.69 Å². The van der Waals surface area contributed by atoms with E-state index in [0.29, 0.717) is 28.5 Å². The molecule has 1 unspecified atom stereocenters. The molecule has 1 atom stereocenters. The van der Waals surface area contributed by atoms with Crippen molar-refractivity contribution in [2.45, 2.75) is 38.7 Å². The lowest BCUT2D eigenvalue weighted by Gasteiger charge is -2.25. The fourth-order valence-electron chi connectivity index (χ4n) is 4.31. The second-order valence-corrected chi connectivity index (χ2v) is 8.49. The quantitative estimate of drug-likeness (QED) is 0.677. The molecule has 0 fully saturated rings. The fourth-order valence-corrected chi connectivity index (χ4v) is 4.31. The minimum Gasteiger partial charge on any atom is -0.491 e. The molecular weight excluding hydrogens is 374 g/mol. The van der Waals surface area contributed by atoms with Crippen LogP contribution >= 0.6 is 0 Å². The predicted molar refractivity (Wildman–Crippen MR) is 104 cm³/mol. The fraction of sp³-hybridized carbons (Fsp3) is 0.364. The molecule has 2 aromatic rings. The molecule has 7 nitrogen and oxygen atoms in total. The first kappa shape index (κ1) is 17.8. The van der Waals surface area contributed by atoms with Crippen molar-refractivity contribution < 1.29 is 28.5 Å². The molecule has 0 saturated heterocycles. The average molecular weight is 395 g/mol. The number of nitrogens with zero attached hydrogens (tertiary/aromatic N) is 1. The van der Waals surface area contributed by atoms with Gasteiger partial charge in [0.1, 0.15) is 23.4 Å². The Hall–Kier alpha value is -3.22. The summed E-state index contributed by atoms with van der Waals surface area (Å²) in [5.41, 5.74) is 0.998. The van der Waals surface area contributed by atoms with Crippen LogP contribution < -0.4 is 19.1 Å². The molecule has 7 heteroatoms. The molecule has 150 valence electrons. The van der Waals surface area contributed by atoms with Crippen LogP contribution in [0.3, 0.4) is 0 Å². The predicted octanol–water partition coefficient (Wildman–Crippen LogP) is 3.68. The van der Waals surface area contributed by atoms with Gasteiger partial charge in [-0.1, -0.05) is 12.1 Å². The number of rotatable bonds is 0. The molecule has 0 radical (unpaired) electrons. The van der Waals surface area contributed by atoms with Crippen molar-refractivity contribution in [3.05, 3.63) is 47.0 Å². The zero-order valence-electron chi connectivity index (χ0n) is 16.7. The normalized spacial score (nSPS) is 21.2. The molecule has 0 saturated carbocycles. The maximum atomic E-state index is 13.8. The van der Waals surface area contributed by atoms with Crippen molar-refractivity contribution >= 4 is 17.7 Å². The van der Waals surface area contributed by atoms with E-state index >= 15 is 0 Å². The van der Waals surface area contributed by atoms with Gasteiger partial charge in [0, 0.05) is 17.2 Å². The minimum absolute atomic E-state index is 0.0984. The van der Waals surface area contributed by atoms with Gasteiger partial charge in [0.2, 0.25) is 6.79 Å². The van der Waals surface area contributed by atoms with Crippen LogP contribution in [0.1, 0.15) is 37.5 Å². The number of hydrogen-bond donors (Lipinski definition) is 0. The minimum atomic E-state index is -1.13. The van der Waals surface area contributed by atoms with Gasteiger partial charge in [0.15, 0.2) is 11.5 Å². The van der Waals surface area contributed by atoms with Gasteiger partial charge < -0.3 is 18.9 Å². The molecule has 0 N–H and O–H groups in total. The molecular formula is C22H21NO6. The topological polar surface area (TPSA) is 74.3 Å². The Kier molecular flexibility index (Phi) is 3.48. The first-order valence-electron chi connectivity index (χ1n) is 9.47. The number of carbonyl (C=O) groups is 2. The molecule has 2 amide bonds. The summed E-state index contributed by atoms with van der Waals surface area (Å²) in [5, 5.41) is 0. The largest absolute Gasteiger partial charge is 0.491 e. The summed E-state index contributed by atoms with van der Waals surface area (Å²) < 4.78 is 22.4. The summed E-state index contributed by atoms with van der Waals surface area (Å²) in [6.07, 6.45) is -0.694. The summed E-state index contributed by atoms with van der Waals surface area (Å²) in [5.74, 6) is 1.32. The van der Waals surface area contributed by atoms with Crippen molar-refractivity contribution in [3.63, 3.8) is 0 Å². The highest BCUT2D eigenvalue weighted by molar-refractivity contribution is 6.23. The highest BCUT2D eigenvalue weighted by Gasteiger charge is 2.60. The molecule has 1 spiro atoms. The summed E-state index contributed by atoms with van der Waals surface area (Å²) in [6, 6.07) is 9.06. The zero-order valence-corrected chi connectivity index (χ0v) is 16.7. The number of amides is 2. The van der Waals surface area contributed by atoms with Crippen LogP contribution in [0.2, 0.25) is 0 Å². The number of benzene rings is 2. The number of carbonyl (C=O) groups excluding carboxylic acids is 2. The van der Waals surface area contributed by atoms with E-state index in [0.717, 1.165) is 16.0 Å². The summed E-state index contributed by atoms with van der Waals surface area (Å²) >= 11 is 0. The number of anilines is 1. The van der Waals surface area contributed by atoms with Crippen LogP contribution in [-0.4, -0.2) is 31.0 Å². The molecule has 3 aliphatic heterocycles. The number of imide groups is 1. The van der Waals surface area contributed by atoms with Gasteiger partial charge in [-0.15, -0.1) is 0 Å². The van der Waals surface area contributed by atoms with Crippen molar-refractivity contribution in [1.82, 2.24) is 0 Å². The van der Waals surface area contributed by atoms with Gasteiger partial charge in [-0.05, 0) is 45.4 Å². The monoisotopic (exact) mass is 395 g/mol. The van der Waals surface area contributed by atoms with Gasteiger partial charge >= 0.3 is 6.09 Å². The van der Waals surface area contributed by atoms with E-state index in [1.54, 1.807) is 39.0 Å². The summed E-state index contributed by atoms with van der Waals surface area (Å²) in [4.78, 5) is 27.9. The third kappa shape index (κ3) is 2.36. The van der Waals surface area contributed by atoms with Crippen LogP contribution in [0, 0.1) is 6.92 Å². The van der Waals surface area contributed by atoms with E-state index in [1.165, 1.54) is 0 Å². The maximum Gasteiger partial charge on any atom is 0.421 e. The SMILES string of the molecule is Cc1cccc2c1C1(COc3cc4c(cc31)OCO4)C(=O)N2C(=O)OC(C)(C)C. The zero-order chi connectivity index (χ0) is 20.6. The molecule has 0 aliphatic carbocycles. The van der Waals surface area contributed by atoms with Crippen molar-refractivity contribution in [1.29, 1.82) is 0 Å². The lowest BCUT2D eigenvalue weighted by molar-refractivity contribution is -0.121. The van der Waals surface area contributed by atoms with E-state index in [-0.39, 0.29) is 19.3 Å². The van der Waals surface area contributed by atoms with Crippen molar-refractivity contribution in [2.75, 3.05) is 18.3 Å². The number of hydrogen-bond acceptors (Lipinski definition) is 6. The standard InChI is InChI=1S/C22H21NO6/c1-12-6-5-7-14-18(12)22(19(24)23(14)20(25)29-21(2,3)4)10-26-15-9-17-16(8-13(15)22)27-11-28-17/h5-9H,10-11H2,1-4H3. The molecule has 5 rings (SSSR count). The lowest BCUT2D eigenvalue weighted by atomic mass is 9.75. The van der Waals surface area contributed by atoms with Crippen LogP contribution in [0.25, 0.3) is 0 Å². The highest BCUT2D eigenvalue weighted by atomic mass is 16.7. The second kappa shape index (κ2) is 5.65. The van der Waals surface area contributed by atoms with Crippen LogP contribution in [0.15, 0.2) is 30.3 Å². The molecule has 2 aromatic carbocycles. The molecule has 3 aliphatic rings. The Morgan fingerprint density at radius 1 is 1.10 bits per heavy atom. The van der Waals surface area contributed by atoms with Crippen LogP contribution in [0.4, 0.5) is 10.5 Å².